The summed E-state index contributed by atoms with van der Waals surface area (Å²) in [4.78, 5) is 0. The van der Waals surface area contributed by atoms with Gasteiger partial charge >= 0.3 is 64.1 Å². The van der Waals surface area contributed by atoms with Crippen LogP contribution in [0.3, 0.4) is 0 Å². The molecule has 0 aliphatic carbocycles. The first-order chi connectivity index (χ1) is 3.62. The summed E-state index contributed by atoms with van der Waals surface area (Å²) < 4.78 is 1.35. The van der Waals surface area contributed by atoms with Crippen LogP contribution in [0, 0.1) is 0 Å². The third-order valence-electron chi connectivity index (χ3n) is 1.000. The van der Waals surface area contributed by atoms with E-state index in [4.69, 9.17) is 0 Å². The Morgan fingerprint density at radius 1 is 1.62 bits per heavy atom. The maximum absolute atomic E-state index is 3.73. The van der Waals surface area contributed by atoms with Crippen LogP contribution in [0.25, 0.3) is 0 Å². The first-order valence-corrected chi connectivity index (χ1v) is 7.77. The van der Waals surface area contributed by atoms with Crippen molar-refractivity contribution in [3.63, 3.8) is 0 Å². The third-order valence-corrected chi connectivity index (χ3v) is 9.52. The summed E-state index contributed by atoms with van der Waals surface area (Å²) in [7, 11) is -0.808. The van der Waals surface area contributed by atoms with E-state index in [2.05, 4.69) is 39.5 Å². The summed E-state index contributed by atoms with van der Waals surface area (Å²) in [6.07, 6.45) is 2.05. The van der Waals surface area contributed by atoms with Crippen molar-refractivity contribution in [1.29, 1.82) is 0 Å². The molecule has 0 nitrogen and oxygen atoms in total. The van der Waals surface area contributed by atoms with Gasteiger partial charge in [-0.1, -0.05) is 0 Å². The van der Waals surface area contributed by atoms with E-state index >= 15 is 0 Å². The van der Waals surface area contributed by atoms with Crippen molar-refractivity contribution in [1.82, 2.24) is 0 Å². The molecule has 8 heavy (non-hydrogen) atoms. The molecule has 0 aliphatic rings. The maximum atomic E-state index is 3.73. The zero-order chi connectivity index (χ0) is 6.62. The molecule has 0 fully saturated rings. The number of hydrogen-bond acceptors (Lipinski definition) is 0. The Morgan fingerprint density at radius 3 is 2.25 bits per heavy atom. The molecule has 0 rings (SSSR count). The molecule has 0 heterocycles. The topological polar surface area (TPSA) is 0 Å². The van der Waals surface area contributed by atoms with Crippen molar-refractivity contribution in [3.8, 4) is 0 Å². The van der Waals surface area contributed by atoms with Gasteiger partial charge in [-0.25, -0.2) is 0 Å². The molecule has 0 aromatic rings. The SMILES string of the molecule is C=CC[Si](C)(C)[CH2][Pt]. The van der Waals surface area contributed by atoms with Crippen molar-refractivity contribution < 1.29 is 19.8 Å². The Hall–Kier alpha value is 0.645. The number of hydrogen-bond donors (Lipinski definition) is 0. The van der Waals surface area contributed by atoms with Gasteiger partial charge in [-0.2, -0.15) is 0 Å². The van der Waals surface area contributed by atoms with Crippen molar-refractivity contribution in [2.24, 2.45) is 0 Å². The zero-order valence-corrected chi connectivity index (χ0v) is 8.79. The molecule has 0 amide bonds. The van der Waals surface area contributed by atoms with Crippen LogP contribution in [0.5, 0.6) is 0 Å². The summed E-state index contributed by atoms with van der Waals surface area (Å²) in [5, 5.41) is 0. The van der Waals surface area contributed by atoms with E-state index in [1.165, 1.54) is 10.5 Å². The van der Waals surface area contributed by atoms with Gasteiger partial charge in [-0.05, 0) is 0 Å². The molecule has 0 spiro atoms. The molecule has 0 bridgehead atoms. The molecule has 0 saturated carbocycles. The summed E-state index contributed by atoms with van der Waals surface area (Å²) in [6.45, 7) is 8.51. The van der Waals surface area contributed by atoms with Crippen molar-refractivity contribution in [3.05, 3.63) is 12.7 Å². The fourth-order valence-corrected chi connectivity index (χ4v) is 2.29. The van der Waals surface area contributed by atoms with E-state index in [0.29, 0.717) is 0 Å². The second-order valence-electron chi connectivity index (χ2n) is 2.77. The molecule has 0 unspecified atom stereocenters. The van der Waals surface area contributed by atoms with Gasteiger partial charge in [0.25, 0.3) is 0 Å². The van der Waals surface area contributed by atoms with Crippen molar-refractivity contribution >= 4 is 8.07 Å². The average molecular weight is 308 g/mol. The average Bonchev–Trinajstić information content (AvgIpc) is 1.67. The molecule has 0 aliphatic heterocycles. The molecule has 2 heteroatoms. The fraction of sp³-hybridized carbons (Fsp3) is 0.667. The molecule has 0 radical (unpaired) electrons. The second kappa shape index (κ2) is 3.63. The van der Waals surface area contributed by atoms with Crippen LogP contribution in [0.4, 0.5) is 0 Å². The van der Waals surface area contributed by atoms with Crippen LogP contribution in [-0.2, 0) is 19.8 Å². The summed E-state index contributed by atoms with van der Waals surface area (Å²) in [6, 6.07) is 1.26. The molecule has 0 aromatic heterocycles. The minimum absolute atomic E-state index is 0.808. The first kappa shape index (κ1) is 8.65. The van der Waals surface area contributed by atoms with Crippen LogP contribution < -0.4 is 0 Å². The molecule has 0 N–H and O–H groups in total. The Labute approximate surface area is 64.3 Å². The van der Waals surface area contributed by atoms with Crippen molar-refractivity contribution in [2.45, 2.75) is 23.6 Å². The van der Waals surface area contributed by atoms with Gasteiger partial charge in [0.05, 0.1) is 0 Å². The van der Waals surface area contributed by atoms with E-state index in [1.807, 2.05) is 6.08 Å². The molecule has 0 aromatic carbocycles. The van der Waals surface area contributed by atoms with E-state index in [1.54, 1.807) is 0 Å². The standard InChI is InChI=1S/C6H13Si.Pt/c1-5-6-7(2,3)4;/h5H,1-2,6H2,3-4H3;. The predicted molar refractivity (Wildman–Crippen MR) is 37.3 cm³/mol. The first-order valence-electron chi connectivity index (χ1n) is 2.75. The quantitative estimate of drug-likeness (QED) is 0.555. The molecule has 0 atom stereocenters. The summed E-state index contributed by atoms with van der Waals surface area (Å²) >= 11 is 2.45. The van der Waals surface area contributed by atoms with Crippen LogP contribution in [0.2, 0.25) is 23.6 Å². The summed E-state index contributed by atoms with van der Waals surface area (Å²) in [5.74, 6) is 0. The molecule has 51 valence electrons. The van der Waals surface area contributed by atoms with Gasteiger partial charge in [-0.3, -0.25) is 0 Å². The van der Waals surface area contributed by atoms with Crippen LogP contribution >= 0.6 is 0 Å². The normalized spacial score (nSPS) is 11.5. The van der Waals surface area contributed by atoms with Gasteiger partial charge < -0.3 is 0 Å². The zero-order valence-electron chi connectivity index (χ0n) is 5.51. The third kappa shape index (κ3) is 3.62. The Morgan fingerprint density at radius 2 is 2.12 bits per heavy atom. The molecular weight excluding hydrogens is 295 g/mol. The minimum atomic E-state index is -0.808. The molecular formula is C6H13PtSi. The predicted octanol–water partition coefficient (Wildman–Crippen LogP) is 2.39. The Kier molecular flexibility index (Phi) is 3.92. The van der Waals surface area contributed by atoms with E-state index in [9.17, 15) is 0 Å². The Balaban J connectivity index is 3.53. The van der Waals surface area contributed by atoms with Gasteiger partial charge in [0.1, 0.15) is 0 Å². The van der Waals surface area contributed by atoms with Gasteiger partial charge in [0, 0.05) is 0 Å². The van der Waals surface area contributed by atoms with Gasteiger partial charge in [-0.15, -0.1) is 0 Å². The fourth-order valence-electron chi connectivity index (χ4n) is 0.436. The van der Waals surface area contributed by atoms with E-state index in [0.717, 1.165) is 0 Å². The van der Waals surface area contributed by atoms with Gasteiger partial charge in [0.15, 0.2) is 0 Å². The van der Waals surface area contributed by atoms with Crippen molar-refractivity contribution in [2.75, 3.05) is 0 Å². The van der Waals surface area contributed by atoms with E-state index in [-0.39, 0.29) is 0 Å². The summed E-state index contributed by atoms with van der Waals surface area (Å²) in [5.41, 5.74) is 0. The number of allylic oxidation sites excluding steroid dienone is 1. The molecule has 0 saturated heterocycles. The monoisotopic (exact) mass is 308 g/mol. The Bertz CT molecular complexity index is 78.6. The van der Waals surface area contributed by atoms with E-state index < -0.39 is 8.07 Å². The van der Waals surface area contributed by atoms with Crippen LogP contribution in [0.1, 0.15) is 0 Å². The van der Waals surface area contributed by atoms with Gasteiger partial charge in [0.2, 0.25) is 0 Å². The van der Waals surface area contributed by atoms with Crippen LogP contribution in [-0.4, -0.2) is 8.07 Å². The second-order valence-corrected chi connectivity index (χ2v) is 10.1. The van der Waals surface area contributed by atoms with Crippen LogP contribution in [0.15, 0.2) is 12.7 Å². The number of rotatable bonds is 3.